The average Bonchev–Trinajstić information content (AvgIpc) is 1.84. The Morgan fingerprint density at radius 2 is 2.09 bits per heavy atom. The maximum absolute atomic E-state index is 10.6. The molecule has 0 aromatic heterocycles. The quantitative estimate of drug-likeness (QED) is 0.674. The summed E-state index contributed by atoms with van der Waals surface area (Å²) in [4.78, 5) is 0. The molecule has 68 valence electrons. The standard InChI is InChI=1S/C7H17NO2S/c1-6(2)4-7(10-3)5-11(8)9/h6-7H,4-5,8H2,1-3H3. The zero-order chi connectivity index (χ0) is 8.85. The summed E-state index contributed by atoms with van der Waals surface area (Å²) in [6.45, 7) is 4.21. The van der Waals surface area contributed by atoms with E-state index in [9.17, 15) is 4.21 Å². The molecule has 3 nitrogen and oxygen atoms in total. The van der Waals surface area contributed by atoms with Crippen LogP contribution in [0.1, 0.15) is 20.3 Å². The van der Waals surface area contributed by atoms with Crippen LogP contribution in [0.4, 0.5) is 0 Å². The summed E-state index contributed by atoms with van der Waals surface area (Å²) < 4.78 is 15.7. The Labute approximate surface area is 70.9 Å². The predicted octanol–water partition coefficient (Wildman–Crippen LogP) is 0.670. The summed E-state index contributed by atoms with van der Waals surface area (Å²) in [5, 5.41) is 5.14. The zero-order valence-corrected chi connectivity index (χ0v) is 8.19. The Morgan fingerprint density at radius 3 is 2.36 bits per heavy atom. The highest BCUT2D eigenvalue weighted by Crippen LogP contribution is 2.07. The smallest absolute Gasteiger partial charge is 0.0914 e. The van der Waals surface area contributed by atoms with Crippen LogP contribution in [-0.4, -0.2) is 23.2 Å². The van der Waals surface area contributed by atoms with Crippen LogP contribution in [0.5, 0.6) is 0 Å². The number of hydrogen-bond donors (Lipinski definition) is 1. The van der Waals surface area contributed by atoms with Gasteiger partial charge in [0.25, 0.3) is 0 Å². The molecule has 0 saturated carbocycles. The lowest BCUT2D eigenvalue weighted by Gasteiger charge is -2.15. The van der Waals surface area contributed by atoms with Crippen LogP contribution in [0.3, 0.4) is 0 Å². The maximum atomic E-state index is 10.6. The van der Waals surface area contributed by atoms with Crippen molar-refractivity contribution in [2.75, 3.05) is 12.9 Å². The molecule has 0 aliphatic rings. The van der Waals surface area contributed by atoms with Gasteiger partial charge in [0.15, 0.2) is 0 Å². The fourth-order valence-corrected chi connectivity index (χ4v) is 1.58. The van der Waals surface area contributed by atoms with Crippen LogP contribution in [-0.2, 0) is 15.7 Å². The minimum absolute atomic E-state index is 0.0424. The highest BCUT2D eigenvalue weighted by Gasteiger charge is 2.11. The summed E-state index contributed by atoms with van der Waals surface area (Å²) in [5.74, 6) is 0.998. The number of nitrogens with two attached hydrogens (primary N) is 1. The Balaban J connectivity index is 3.66. The van der Waals surface area contributed by atoms with E-state index in [1.54, 1.807) is 7.11 Å². The van der Waals surface area contributed by atoms with Gasteiger partial charge >= 0.3 is 0 Å². The lowest BCUT2D eigenvalue weighted by atomic mass is 10.1. The van der Waals surface area contributed by atoms with Gasteiger partial charge in [0, 0.05) is 7.11 Å². The Bertz CT molecular complexity index is 128. The summed E-state index contributed by atoms with van der Waals surface area (Å²) in [6, 6.07) is 0. The van der Waals surface area contributed by atoms with Crippen LogP contribution in [0, 0.1) is 5.92 Å². The number of methoxy groups -OCH3 is 1. The minimum Gasteiger partial charge on any atom is -0.380 e. The second-order valence-electron chi connectivity index (χ2n) is 3.03. The molecular weight excluding hydrogens is 162 g/mol. The molecule has 2 N–H and O–H groups in total. The first-order valence-electron chi connectivity index (χ1n) is 3.71. The van der Waals surface area contributed by atoms with Crippen LogP contribution in [0.2, 0.25) is 0 Å². The average molecular weight is 179 g/mol. The number of rotatable bonds is 5. The number of hydrogen-bond acceptors (Lipinski definition) is 2. The summed E-state index contributed by atoms with van der Waals surface area (Å²) in [5.41, 5.74) is 0. The van der Waals surface area contributed by atoms with Gasteiger partial charge in [0.05, 0.1) is 22.8 Å². The predicted molar refractivity (Wildman–Crippen MR) is 47.4 cm³/mol. The van der Waals surface area contributed by atoms with Crippen LogP contribution < -0.4 is 5.14 Å². The van der Waals surface area contributed by atoms with E-state index in [0.717, 1.165) is 6.42 Å². The fraction of sp³-hybridized carbons (Fsp3) is 1.00. The van der Waals surface area contributed by atoms with Crippen molar-refractivity contribution in [1.29, 1.82) is 0 Å². The third kappa shape index (κ3) is 6.47. The van der Waals surface area contributed by atoms with E-state index in [1.807, 2.05) is 0 Å². The van der Waals surface area contributed by atoms with Gasteiger partial charge in [-0.25, -0.2) is 4.21 Å². The molecule has 0 aromatic rings. The van der Waals surface area contributed by atoms with Gasteiger partial charge in [-0.15, -0.1) is 0 Å². The Morgan fingerprint density at radius 1 is 1.55 bits per heavy atom. The van der Waals surface area contributed by atoms with E-state index in [1.165, 1.54) is 0 Å². The topological polar surface area (TPSA) is 52.3 Å². The van der Waals surface area contributed by atoms with E-state index in [4.69, 9.17) is 9.88 Å². The molecule has 0 radical (unpaired) electrons. The third-order valence-electron chi connectivity index (χ3n) is 1.42. The molecule has 0 amide bonds. The van der Waals surface area contributed by atoms with Crippen molar-refractivity contribution in [3.05, 3.63) is 0 Å². The summed E-state index contributed by atoms with van der Waals surface area (Å²) in [7, 11) is 0.388. The van der Waals surface area contributed by atoms with Gasteiger partial charge < -0.3 is 4.74 Å². The van der Waals surface area contributed by atoms with Crippen molar-refractivity contribution < 1.29 is 8.95 Å². The van der Waals surface area contributed by atoms with Gasteiger partial charge in [0.2, 0.25) is 0 Å². The molecule has 0 aromatic carbocycles. The second-order valence-corrected chi connectivity index (χ2v) is 4.13. The molecule has 11 heavy (non-hydrogen) atoms. The maximum Gasteiger partial charge on any atom is 0.0914 e. The molecule has 0 bridgehead atoms. The zero-order valence-electron chi connectivity index (χ0n) is 7.37. The van der Waals surface area contributed by atoms with Crippen molar-refractivity contribution in [1.82, 2.24) is 0 Å². The molecule has 0 aliphatic heterocycles. The van der Waals surface area contributed by atoms with E-state index < -0.39 is 11.0 Å². The molecule has 2 unspecified atom stereocenters. The second kappa shape index (κ2) is 5.69. The minimum atomic E-state index is -1.24. The van der Waals surface area contributed by atoms with E-state index in [0.29, 0.717) is 11.7 Å². The Kier molecular flexibility index (Phi) is 5.72. The molecule has 0 aliphatic carbocycles. The normalized spacial score (nSPS) is 16.8. The first-order valence-corrected chi connectivity index (χ1v) is 5.10. The molecule has 0 fully saturated rings. The first-order chi connectivity index (χ1) is 5.06. The molecular formula is C7H17NO2S. The molecule has 4 heteroatoms. The fourth-order valence-electron chi connectivity index (χ4n) is 0.941. The summed E-state index contributed by atoms with van der Waals surface area (Å²) in [6.07, 6.45) is 0.959. The van der Waals surface area contributed by atoms with E-state index in [2.05, 4.69) is 13.8 Å². The van der Waals surface area contributed by atoms with Gasteiger partial charge in [-0.3, -0.25) is 5.14 Å². The number of ether oxygens (including phenoxy) is 1. The van der Waals surface area contributed by atoms with Gasteiger partial charge in [-0.05, 0) is 12.3 Å². The van der Waals surface area contributed by atoms with E-state index >= 15 is 0 Å². The summed E-state index contributed by atoms with van der Waals surface area (Å²) >= 11 is 0. The van der Waals surface area contributed by atoms with Gasteiger partial charge in [0.1, 0.15) is 0 Å². The van der Waals surface area contributed by atoms with Crippen molar-refractivity contribution in [2.24, 2.45) is 11.1 Å². The van der Waals surface area contributed by atoms with Crippen molar-refractivity contribution in [3.63, 3.8) is 0 Å². The molecule has 2 atom stereocenters. The molecule has 0 saturated heterocycles. The third-order valence-corrected chi connectivity index (χ3v) is 2.12. The van der Waals surface area contributed by atoms with Crippen LogP contribution in [0.25, 0.3) is 0 Å². The van der Waals surface area contributed by atoms with Gasteiger partial charge in [-0.1, -0.05) is 13.8 Å². The van der Waals surface area contributed by atoms with Crippen molar-refractivity contribution in [3.8, 4) is 0 Å². The Hall–Kier alpha value is 0.0700. The van der Waals surface area contributed by atoms with Crippen LogP contribution in [0.15, 0.2) is 0 Å². The SMILES string of the molecule is COC(CC(C)C)CS(N)=O. The lowest BCUT2D eigenvalue weighted by Crippen LogP contribution is -2.24. The largest absolute Gasteiger partial charge is 0.380 e. The molecule has 0 heterocycles. The van der Waals surface area contributed by atoms with E-state index in [-0.39, 0.29) is 6.10 Å². The highest BCUT2D eigenvalue weighted by molar-refractivity contribution is 7.82. The first kappa shape index (κ1) is 11.1. The lowest BCUT2D eigenvalue weighted by molar-refractivity contribution is 0.103. The van der Waals surface area contributed by atoms with Crippen molar-refractivity contribution >= 4 is 11.0 Å². The molecule has 0 rings (SSSR count). The van der Waals surface area contributed by atoms with Gasteiger partial charge in [-0.2, -0.15) is 0 Å². The van der Waals surface area contributed by atoms with Crippen molar-refractivity contribution in [2.45, 2.75) is 26.4 Å². The van der Waals surface area contributed by atoms with Crippen LogP contribution >= 0.6 is 0 Å². The monoisotopic (exact) mass is 179 g/mol. The molecule has 0 spiro atoms. The highest BCUT2D eigenvalue weighted by atomic mass is 32.2.